The van der Waals surface area contributed by atoms with Gasteiger partial charge in [0.1, 0.15) is 5.69 Å². The molecule has 0 spiro atoms. The maximum Gasteiger partial charge on any atom is 0.293 e. The SMILES string of the molecule is CN(C)C(=O)CNc1ccc(S(=O)(=O)N2CCCC2)cc1[N+](=O)[O-]. The van der Waals surface area contributed by atoms with Crippen molar-refractivity contribution in [2.24, 2.45) is 0 Å². The number of benzene rings is 1. The summed E-state index contributed by atoms with van der Waals surface area (Å²) < 4.78 is 26.3. The first kappa shape index (κ1) is 18.1. The molecule has 1 aromatic carbocycles. The Morgan fingerprint density at radius 3 is 2.50 bits per heavy atom. The van der Waals surface area contributed by atoms with Crippen molar-refractivity contribution >= 4 is 27.3 Å². The predicted molar refractivity (Wildman–Crippen MR) is 88.3 cm³/mol. The average molecular weight is 356 g/mol. The number of nitrogens with one attached hydrogen (secondary N) is 1. The van der Waals surface area contributed by atoms with Gasteiger partial charge in [-0.1, -0.05) is 0 Å². The van der Waals surface area contributed by atoms with Crippen molar-refractivity contribution in [2.75, 3.05) is 39.0 Å². The fourth-order valence-electron chi connectivity index (χ4n) is 2.38. The molecule has 10 heteroatoms. The normalized spacial score (nSPS) is 15.2. The lowest BCUT2D eigenvalue weighted by Crippen LogP contribution is -2.29. The van der Waals surface area contributed by atoms with E-state index in [-0.39, 0.29) is 28.7 Å². The van der Waals surface area contributed by atoms with Crippen molar-refractivity contribution in [3.05, 3.63) is 28.3 Å². The minimum Gasteiger partial charge on any atom is -0.371 e. The number of carbonyl (C=O) groups is 1. The van der Waals surface area contributed by atoms with Gasteiger partial charge in [-0.3, -0.25) is 14.9 Å². The number of hydrogen-bond donors (Lipinski definition) is 1. The molecule has 2 rings (SSSR count). The van der Waals surface area contributed by atoms with E-state index in [0.717, 1.165) is 18.9 Å². The molecule has 0 bridgehead atoms. The highest BCUT2D eigenvalue weighted by Crippen LogP contribution is 2.30. The second kappa shape index (κ2) is 7.14. The number of rotatable bonds is 6. The molecule has 132 valence electrons. The van der Waals surface area contributed by atoms with Crippen LogP contribution in [0.25, 0.3) is 0 Å². The molecule has 1 heterocycles. The molecule has 1 amide bonds. The molecule has 1 fully saturated rings. The summed E-state index contributed by atoms with van der Waals surface area (Å²) >= 11 is 0. The van der Waals surface area contributed by atoms with E-state index < -0.39 is 14.9 Å². The zero-order valence-corrected chi connectivity index (χ0v) is 14.4. The van der Waals surface area contributed by atoms with Crippen LogP contribution in [0.5, 0.6) is 0 Å². The number of nitrogens with zero attached hydrogens (tertiary/aromatic N) is 3. The van der Waals surface area contributed by atoms with Crippen LogP contribution in [0.3, 0.4) is 0 Å². The summed E-state index contributed by atoms with van der Waals surface area (Å²) in [6.07, 6.45) is 1.57. The third kappa shape index (κ3) is 3.82. The van der Waals surface area contributed by atoms with Gasteiger partial charge >= 0.3 is 0 Å². The minimum absolute atomic E-state index is 0.107. The summed E-state index contributed by atoms with van der Waals surface area (Å²) in [6, 6.07) is 3.68. The summed E-state index contributed by atoms with van der Waals surface area (Å²) in [5.74, 6) is -0.252. The van der Waals surface area contributed by atoms with Gasteiger partial charge in [0.05, 0.1) is 16.4 Å². The van der Waals surface area contributed by atoms with Gasteiger partial charge < -0.3 is 10.2 Å². The number of nitro benzene ring substituents is 1. The standard InChI is InChI=1S/C14H20N4O5S/c1-16(2)14(19)10-15-12-6-5-11(9-13(12)18(20)21)24(22,23)17-7-3-4-8-17/h5-6,9,15H,3-4,7-8,10H2,1-2H3. The van der Waals surface area contributed by atoms with Crippen LogP contribution >= 0.6 is 0 Å². The smallest absolute Gasteiger partial charge is 0.293 e. The molecule has 0 aliphatic carbocycles. The van der Waals surface area contributed by atoms with Crippen LogP contribution < -0.4 is 5.32 Å². The van der Waals surface area contributed by atoms with Crippen LogP contribution in [0.15, 0.2) is 23.1 Å². The highest BCUT2D eigenvalue weighted by atomic mass is 32.2. The number of nitro groups is 1. The first-order chi connectivity index (χ1) is 11.2. The number of hydrogen-bond acceptors (Lipinski definition) is 6. The first-order valence-electron chi connectivity index (χ1n) is 7.46. The van der Waals surface area contributed by atoms with Crippen molar-refractivity contribution in [3.63, 3.8) is 0 Å². The highest BCUT2D eigenvalue weighted by molar-refractivity contribution is 7.89. The van der Waals surface area contributed by atoms with E-state index in [1.807, 2.05) is 0 Å². The van der Waals surface area contributed by atoms with Gasteiger partial charge in [0.2, 0.25) is 15.9 Å². The maximum atomic E-state index is 12.5. The highest BCUT2D eigenvalue weighted by Gasteiger charge is 2.29. The molecular weight excluding hydrogens is 336 g/mol. The van der Waals surface area contributed by atoms with Crippen LogP contribution in [0.1, 0.15) is 12.8 Å². The quantitative estimate of drug-likeness (QED) is 0.598. The molecule has 24 heavy (non-hydrogen) atoms. The molecule has 0 atom stereocenters. The molecule has 1 saturated heterocycles. The van der Waals surface area contributed by atoms with Gasteiger partial charge in [0.25, 0.3) is 5.69 Å². The van der Waals surface area contributed by atoms with Gasteiger partial charge in [-0.05, 0) is 25.0 Å². The fourth-order valence-corrected chi connectivity index (χ4v) is 3.92. The second-order valence-corrected chi connectivity index (χ2v) is 7.63. The van der Waals surface area contributed by atoms with Crippen LogP contribution in [0.4, 0.5) is 11.4 Å². The van der Waals surface area contributed by atoms with Crippen LogP contribution in [0, 0.1) is 10.1 Å². The van der Waals surface area contributed by atoms with Gasteiger partial charge in [-0.25, -0.2) is 8.42 Å². The van der Waals surface area contributed by atoms with Crippen molar-refractivity contribution in [1.82, 2.24) is 9.21 Å². The lowest BCUT2D eigenvalue weighted by atomic mass is 10.2. The topological polar surface area (TPSA) is 113 Å². The van der Waals surface area contributed by atoms with E-state index in [1.165, 1.54) is 21.3 Å². The molecule has 0 unspecified atom stereocenters. The van der Waals surface area contributed by atoms with Gasteiger partial charge in [0.15, 0.2) is 0 Å². The maximum absolute atomic E-state index is 12.5. The first-order valence-corrected chi connectivity index (χ1v) is 8.90. The van der Waals surface area contributed by atoms with Gasteiger partial charge in [0, 0.05) is 33.3 Å². The zero-order valence-electron chi connectivity index (χ0n) is 13.6. The number of carbonyl (C=O) groups excluding carboxylic acids is 1. The van der Waals surface area contributed by atoms with Crippen LogP contribution in [-0.4, -0.2) is 62.2 Å². The average Bonchev–Trinajstić information content (AvgIpc) is 3.07. The fraction of sp³-hybridized carbons (Fsp3) is 0.500. The Morgan fingerprint density at radius 2 is 1.96 bits per heavy atom. The Balaban J connectivity index is 2.29. The zero-order chi connectivity index (χ0) is 17.9. The summed E-state index contributed by atoms with van der Waals surface area (Å²) in [4.78, 5) is 23.4. The molecule has 1 N–H and O–H groups in total. The minimum atomic E-state index is -3.73. The van der Waals surface area contributed by atoms with Crippen LogP contribution in [-0.2, 0) is 14.8 Å². The third-order valence-corrected chi connectivity index (χ3v) is 5.69. The Bertz CT molecular complexity index is 742. The molecule has 1 aliphatic rings. The summed E-state index contributed by atoms with van der Waals surface area (Å²) in [5.41, 5.74) is -0.266. The number of likely N-dealkylation sites (N-methyl/N-ethyl adjacent to an activating group) is 1. The molecular formula is C14H20N4O5S. The third-order valence-electron chi connectivity index (χ3n) is 3.80. The van der Waals surface area contributed by atoms with Crippen LogP contribution in [0.2, 0.25) is 0 Å². The van der Waals surface area contributed by atoms with Crippen molar-refractivity contribution in [3.8, 4) is 0 Å². The van der Waals surface area contributed by atoms with E-state index in [0.29, 0.717) is 13.1 Å². The molecule has 1 aromatic rings. The second-order valence-electron chi connectivity index (χ2n) is 5.69. The van der Waals surface area contributed by atoms with E-state index in [9.17, 15) is 23.3 Å². The van der Waals surface area contributed by atoms with Crippen molar-refractivity contribution in [1.29, 1.82) is 0 Å². The van der Waals surface area contributed by atoms with E-state index in [1.54, 1.807) is 14.1 Å². The molecule has 0 aromatic heterocycles. The van der Waals surface area contributed by atoms with Crippen molar-refractivity contribution in [2.45, 2.75) is 17.7 Å². The molecule has 1 aliphatic heterocycles. The summed E-state index contributed by atoms with van der Waals surface area (Å²) in [7, 11) is -0.583. The predicted octanol–water partition coefficient (Wildman–Crippen LogP) is 0.879. The molecule has 0 saturated carbocycles. The molecule has 0 radical (unpaired) electrons. The van der Waals surface area contributed by atoms with E-state index >= 15 is 0 Å². The Hall–Kier alpha value is -2.20. The van der Waals surface area contributed by atoms with E-state index in [2.05, 4.69) is 5.32 Å². The van der Waals surface area contributed by atoms with Gasteiger partial charge in [-0.15, -0.1) is 0 Å². The summed E-state index contributed by atoms with van der Waals surface area (Å²) in [5, 5.41) is 13.9. The lowest BCUT2D eigenvalue weighted by Gasteiger charge is -2.16. The largest absolute Gasteiger partial charge is 0.371 e. The van der Waals surface area contributed by atoms with Gasteiger partial charge in [-0.2, -0.15) is 4.31 Å². The van der Waals surface area contributed by atoms with E-state index in [4.69, 9.17) is 0 Å². The number of amides is 1. The number of anilines is 1. The monoisotopic (exact) mass is 356 g/mol. The molecule has 9 nitrogen and oxygen atoms in total. The Morgan fingerprint density at radius 1 is 1.33 bits per heavy atom. The number of sulfonamides is 1. The Labute approximate surface area is 140 Å². The lowest BCUT2D eigenvalue weighted by molar-refractivity contribution is -0.384. The Kier molecular flexibility index (Phi) is 5.40. The van der Waals surface area contributed by atoms with Crippen molar-refractivity contribution < 1.29 is 18.1 Å². The summed E-state index contributed by atoms with van der Waals surface area (Å²) in [6.45, 7) is 0.729.